The van der Waals surface area contributed by atoms with Gasteiger partial charge in [-0.05, 0) is 73.5 Å². The molecule has 0 unspecified atom stereocenters. The predicted molar refractivity (Wildman–Crippen MR) is 122 cm³/mol. The third-order valence-electron chi connectivity index (χ3n) is 5.04. The molecule has 1 aromatic heterocycles. The molecular weight excluding hydrogens is 388 g/mol. The lowest BCUT2D eigenvalue weighted by molar-refractivity contribution is 0.0995. The van der Waals surface area contributed by atoms with E-state index in [2.05, 4.69) is 17.6 Å². The van der Waals surface area contributed by atoms with Crippen molar-refractivity contribution in [2.75, 3.05) is 10.6 Å². The Balaban J connectivity index is 1.45. The van der Waals surface area contributed by atoms with Crippen LogP contribution < -0.4 is 10.6 Å². The highest BCUT2D eigenvalue weighted by molar-refractivity contribution is 6.05. The Hall–Kier alpha value is -4.12. The number of benzene rings is 3. The molecule has 0 saturated heterocycles. The standard InChI is InChI=1S/C26H22N2O3/c1-17-11-12-20(15-18(17)2)23-13-14-24(31-23)26(30)28-22-10-6-9-21(16-22)27-25(29)19-7-4-3-5-8-19/h3-16H,1-2H3,(H,27,29)(H,28,30). The SMILES string of the molecule is Cc1ccc(-c2ccc(C(=O)Nc3cccc(NC(=O)c4ccccc4)c3)o2)cc1C. The molecular formula is C26H22N2O3. The van der Waals surface area contributed by atoms with Crippen molar-refractivity contribution in [1.82, 2.24) is 0 Å². The molecule has 0 atom stereocenters. The third-order valence-corrected chi connectivity index (χ3v) is 5.04. The fourth-order valence-electron chi connectivity index (χ4n) is 3.17. The van der Waals surface area contributed by atoms with Gasteiger partial charge in [0, 0.05) is 22.5 Å². The zero-order valence-corrected chi connectivity index (χ0v) is 17.3. The normalized spacial score (nSPS) is 10.5. The maximum atomic E-state index is 12.6. The minimum atomic E-state index is -0.360. The summed E-state index contributed by atoms with van der Waals surface area (Å²) in [5.74, 6) is 0.277. The lowest BCUT2D eigenvalue weighted by Gasteiger charge is -2.08. The molecule has 4 rings (SSSR count). The molecule has 0 aliphatic heterocycles. The molecule has 0 bridgehead atoms. The van der Waals surface area contributed by atoms with E-state index in [-0.39, 0.29) is 17.6 Å². The maximum Gasteiger partial charge on any atom is 0.291 e. The van der Waals surface area contributed by atoms with Crippen molar-refractivity contribution < 1.29 is 14.0 Å². The van der Waals surface area contributed by atoms with Gasteiger partial charge in [-0.25, -0.2) is 0 Å². The zero-order valence-electron chi connectivity index (χ0n) is 17.3. The van der Waals surface area contributed by atoms with Gasteiger partial charge in [0.2, 0.25) is 0 Å². The van der Waals surface area contributed by atoms with Crippen LogP contribution in [0.15, 0.2) is 89.3 Å². The van der Waals surface area contributed by atoms with Gasteiger partial charge in [0.1, 0.15) is 5.76 Å². The zero-order chi connectivity index (χ0) is 21.8. The number of carbonyl (C=O) groups is 2. The molecule has 0 radical (unpaired) electrons. The summed E-state index contributed by atoms with van der Waals surface area (Å²) in [5.41, 5.74) is 4.99. The molecule has 1 heterocycles. The molecule has 2 N–H and O–H groups in total. The number of hydrogen-bond acceptors (Lipinski definition) is 3. The van der Waals surface area contributed by atoms with Gasteiger partial charge in [0.15, 0.2) is 5.76 Å². The number of nitrogens with one attached hydrogen (secondary N) is 2. The number of amides is 2. The van der Waals surface area contributed by atoms with Crippen molar-refractivity contribution >= 4 is 23.2 Å². The van der Waals surface area contributed by atoms with E-state index in [4.69, 9.17) is 4.42 Å². The lowest BCUT2D eigenvalue weighted by atomic mass is 10.1. The average Bonchev–Trinajstić information content (AvgIpc) is 3.27. The fourth-order valence-corrected chi connectivity index (χ4v) is 3.17. The van der Waals surface area contributed by atoms with Gasteiger partial charge in [-0.2, -0.15) is 0 Å². The molecule has 0 spiro atoms. The summed E-state index contributed by atoms with van der Waals surface area (Å²) in [5, 5.41) is 5.65. The van der Waals surface area contributed by atoms with Crippen LogP contribution in [0.2, 0.25) is 0 Å². The van der Waals surface area contributed by atoms with Crippen molar-refractivity contribution in [1.29, 1.82) is 0 Å². The number of aryl methyl sites for hydroxylation is 2. The third kappa shape index (κ3) is 4.73. The highest BCUT2D eigenvalue weighted by atomic mass is 16.3. The second-order valence-corrected chi connectivity index (χ2v) is 7.32. The quantitative estimate of drug-likeness (QED) is 0.420. The van der Waals surface area contributed by atoms with Crippen molar-refractivity contribution in [2.45, 2.75) is 13.8 Å². The Labute approximate surface area is 180 Å². The highest BCUT2D eigenvalue weighted by Crippen LogP contribution is 2.25. The Morgan fingerprint density at radius 1 is 0.677 bits per heavy atom. The van der Waals surface area contributed by atoms with E-state index in [1.807, 2.05) is 31.2 Å². The molecule has 5 heteroatoms. The van der Waals surface area contributed by atoms with Crippen LogP contribution in [-0.4, -0.2) is 11.8 Å². The Morgan fingerprint density at radius 2 is 1.39 bits per heavy atom. The monoisotopic (exact) mass is 410 g/mol. The number of carbonyl (C=O) groups excluding carboxylic acids is 2. The largest absolute Gasteiger partial charge is 0.451 e. The first kappa shape index (κ1) is 20.2. The lowest BCUT2D eigenvalue weighted by Crippen LogP contribution is -2.13. The van der Waals surface area contributed by atoms with Crippen molar-refractivity contribution in [3.8, 4) is 11.3 Å². The van der Waals surface area contributed by atoms with Crippen LogP contribution in [0, 0.1) is 13.8 Å². The minimum absolute atomic E-state index is 0.215. The van der Waals surface area contributed by atoms with Crippen LogP contribution in [0.4, 0.5) is 11.4 Å². The average molecular weight is 410 g/mol. The summed E-state index contributed by atoms with van der Waals surface area (Å²) in [7, 11) is 0. The van der Waals surface area contributed by atoms with Gasteiger partial charge in [-0.3, -0.25) is 9.59 Å². The topological polar surface area (TPSA) is 71.3 Å². The number of rotatable bonds is 5. The first-order valence-corrected chi connectivity index (χ1v) is 9.95. The first-order chi connectivity index (χ1) is 15.0. The Bertz CT molecular complexity index is 1240. The van der Waals surface area contributed by atoms with Crippen molar-refractivity contribution in [3.63, 3.8) is 0 Å². The van der Waals surface area contributed by atoms with Gasteiger partial charge >= 0.3 is 0 Å². The second kappa shape index (κ2) is 8.71. The van der Waals surface area contributed by atoms with E-state index in [0.29, 0.717) is 22.7 Å². The van der Waals surface area contributed by atoms with Gasteiger partial charge in [0.05, 0.1) is 0 Å². The molecule has 0 saturated carbocycles. The Morgan fingerprint density at radius 3 is 2.10 bits per heavy atom. The van der Waals surface area contributed by atoms with E-state index >= 15 is 0 Å². The van der Waals surface area contributed by atoms with Crippen LogP contribution in [-0.2, 0) is 0 Å². The predicted octanol–water partition coefficient (Wildman–Crippen LogP) is 6.07. The molecule has 0 aliphatic carbocycles. The molecule has 4 aromatic rings. The number of furan rings is 1. The van der Waals surface area contributed by atoms with E-state index in [1.165, 1.54) is 5.56 Å². The molecule has 2 amide bonds. The van der Waals surface area contributed by atoms with Gasteiger partial charge < -0.3 is 15.1 Å². The summed E-state index contributed by atoms with van der Waals surface area (Å²) < 4.78 is 5.77. The summed E-state index contributed by atoms with van der Waals surface area (Å²) in [6.45, 7) is 4.09. The summed E-state index contributed by atoms with van der Waals surface area (Å²) in [6.07, 6.45) is 0. The van der Waals surface area contributed by atoms with Crippen LogP contribution >= 0.6 is 0 Å². The van der Waals surface area contributed by atoms with Crippen LogP contribution in [0.3, 0.4) is 0 Å². The van der Waals surface area contributed by atoms with Gasteiger partial charge in [0.25, 0.3) is 11.8 Å². The van der Waals surface area contributed by atoms with E-state index < -0.39 is 0 Å². The molecule has 154 valence electrons. The van der Waals surface area contributed by atoms with Gasteiger partial charge in [-0.15, -0.1) is 0 Å². The molecule has 3 aromatic carbocycles. The summed E-state index contributed by atoms with van der Waals surface area (Å²) in [4.78, 5) is 25.0. The number of hydrogen-bond donors (Lipinski definition) is 2. The smallest absolute Gasteiger partial charge is 0.291 e. The van der Waals surface area contributed by atoms with Crippen LogP contribution in [0.25, 0.3) is 11.3 Å². The van der Waals surface area contributed by atoms with Crippen molar-refractivity contribution in [2.24, 2.45) is 0 Å². The fraction of sp³-hybridized carbons (Fsp3) is 0.0769. The van der Waals surface area contributed by atoms with Crippen molar-refractivity contribution in [3.05, 3.63) is 107 Å². The van der Waals surface area contributed by atoms with E-state index in [1.54, 1.807) is 60.7 Å². The molecule has 31 heavy (non-hydrogen) atoms. The molecule has 0 fully saturated rings. The number of anilines is 2. The van der Waals surface area contributed by atoms with Crippen LogP contribution in [0.1, 0.15) is 32.0 Å². The minimum Gasteiger partial charge on any atom is -0.451 e. The molecule has 5 nitrogen and oxygen atoms in total. The van der Waals surface area contributed by atoms with Gasteiger partial charge in [-0.1, -0.05) is 36.4 Å². The second-order valence-electron chi connectivity index (χ2n) is 7.32. The highest BCUT2D eigenvalue weighted by Gasteiger charge is 2.14. The summed E-state index contributed by atoms with van der Waals surface area (Å²) >= 11 is 0. The maximum absolute atomic E-state index is 12.6. The van der Waals surface area contributed by atoms with Crippen LogP contribution in [0.5, 0.6) is 0 Å². The first-order valence-electron chi connectivity index (χ1n) is 9.95. The Kier molecular flexibility index (Phi) is 5.67. The summed E-state index contributed by atoms with van der Waals surface area (Å²) in [6, 6.07) is 25.4. The van der Waals surface area contributed by atoms with E-state index in [9.17, 15) is 9.59 Å². The molecule has 0 aliphatic rings. The van der Waals surface area contributed by atoms with E-state index in [0.717, 1.165) is 11.1 Å².